The van der Waals surface area contributed by atoms with E-state index in [1.807, 2.05) is 61.5 Å². The highest BCUT2D eigenvalue weighted by molar-refractivity contribution is 6.24. The Hall–Kier alpha value is -4.00. The van der Waals surface area contributed by atoms with Crippen molar-refractivity contribution >= 4 is 23.4 Å². The molecule has 0 saturated heterocycles. The largest absolute Gasteiger partial charge is 0.465 e. The van der Waals surface area contributed by atoms with Crippen molar-refractivity contribution in [3.8, 4) is 11.4 Å². The summed E-state index contributed by atoms with van der Waals surface area (Å²) in [5.41, 5.74) is 2.83. The second-order valence-corrected chi connectivity index (χ2v) is 6.29. The van der Waals surface area contributed by atoms with Gasteiger partial charge in [-0.25, -0.2) is 0 Å². The fourth-order valence-corrected chi connectivity index (χ4v) is 2.98. The van der Waals surface area contributed by atoms with Gasteiger partial charge in [0, 0.05) is 17.3 Å². The van der Waals surface area contributed by atoms with Gasteiger partial charge in [0.2, 0.25) is 0 Å². The number of carbonyl (C=O) groups is 1. The molecule has 2 aromatic heterocycles. The lowest BCUT2D eigenvalue weighted by atomic mass is 10.1. The summed E-state index contributed by atoms with van der Waals surface area (Å²) in [5.74, 6) is 0.641. The number of hydrogen-bond donors (Lipinski definition) is 1. The van der Waals surface area contributed by atoms with E-state index in [4.69, 9.17) is 4.42 Å². The predicted molar refractivity (Wildman–Crippen MR) is 111 cm³/mol. The fraction of sp³-hybridized carbons (Fsp3) is 0.0909. The van der Waals surface area contributed by atoms with Crippen molar-refractivity contribution in [3.63, 3.8) is 0 Å². The molecule has 0 atom stereocenters. The number of hydrogen-bond acceptors (Lipinski definition) is 5. The number of rotatable bonds is 6. The average Bonchev–Trinajstić information content (AvgIpc) is 3.45. The number of para-hydroxylation sites is 1. The van der Waals surface area contributed by atoms with Crippen LogP contribution < -0.4 is 5.32 Å². The standard InChI is InChI=1S/C22H19N5O2/c1-2-16-9-6-7-13-19(16)23-22(28)20(15-18-12-8-14-29-18)27-21(24-25-26-27)17-10-4-3-5-11-17/h3-15H,2H2,1H3,(H,23,28)/b20-15+. The van der Waals surface area contributed by atoms with Crippen LogP contribution in [0.2, 0.25) is 0 Å². The van der Waals surface area contributed by atoms with Crippen molar-refractivity contribution in [3.05, 3.63) is 84.3 Å². The van der Waals surface area contributed by atoms with Gasteiger partial charge in [-0.05, 0) is 40.6 Å². The van der Waals surface area contributed by atoms with E-state index < -0.39 is 0 Å². The van der Waals surface area contributed by atoms with E-state index in [1.54, 1.807) is 24.5 Å². The number of aromatic nitrogens is 4. The first-order valence-electron chi connectivity index (χ1n) is 9.25. The molecule has 0 radical (unpaired) electrons. The van der Waals surface area contributed by atoms with Crippen LogP contribution in [0.25, 0.3) is 23.2 Å². The Balaban J connectivity index is 1.76. The van der Waals surface area contributed by atoms with Crippen LogP contribution in [-0.4, -0.2) is 26.1 Å². The summed E-state index contributed by atoms with van der Waals surface area (Å²) in [5, 5.41) is 14.9. The van der Waals surface area contributed by atoms with E-state index in [1.165, 1.54) is 4.68 Å². The smallest absolute Gasteiger partial charge is 0.274 e. The van der Waals surface area contributed by atoms with E-state index in [2.05, 4.69) is 20.8 Å². The van der Waals surface area contributed by atoms with Crippen molar-refractivity contribution in [2.45, 2.75) is 13.3 Å². The Morgan fingerprint density at radius 2 is 1.86 bits per heavy atom. The van der Waals surface area contributed by atoms with E-state index in [0.717, 1.165) is 23.2 Å². The number of benzene rings is 2. The lowest BCUT2D eigenvalue weighted by Gasteiger charge is -2.12. The molecule has 0 aliphatic carbocycles. The Kier molecular flexibility index (Phi) is 5.29. The van der Waals surface area contributed by atoms with Gasteiger partial charge in [-0.1, -0.05) is 55.5 Å². The molecule has 0 saturated carbocycles. The molecule has 7 heteroatoms. The summed E-state index contributed by atoms with van der Waals surface area (Å²) in [6.45, 7) is 2.04. The van der Waals surface area contributed by atoms with Gasteiger partial charge in [-0.3, -0.25) is 4.79 Å². The van der Waals surface area contributed by atoms with Gasteiger partial charge in [-0.15, -0.1) is 5.10 Å². The molecule has 4 aromatic rings. The molecule has 2 aromatic carbocycles. The van der Waals surface area contributed by atoms with E-state index >= 15 is 0 Å². The van der Waals surface area contributed by atoms with E-state index in [9.17, 15) is 4.79 Å². The minimum atomic E-state index is -0.341. The molecule has 1 N–H and O–H groups in total. The third-order valence-corrected chi connectivity index (χ3v) is 4.43. The quantitative estimate of drug-likeness (QED) is 0.504. The van der Waals surface area contributed by atoms with Gasteiger partial charge in [-0.2, -0.15) is 4.68 Å². The summed E-state index contributed by atoms with van der Waals surface area (Å²) in [4.78, 5) is 13.3. The van der Waals surface area contributed by atoms with Gasteiger partial charge in [0.05, 0.1) is 6.26 Å². The highest BCUT2D eigenvalue weighted by atomic mass is 16.3. The summed E-state index contributed by atoms with van der Waals surface area (Å²) >= 11 is 0. The number of furan rings is 1. The second kappa shape index (κ2) is 8.35. The number of anilines is 1. The monoisotopic (exact) mass is 385 g/mol. The van der Waals surface area contributed by atoms with Crippen molar-refractivity contribution in [1.82, 2.24) is 20.2 Å². The van der Waals surface area contributed by atoms with Crippen molar-refractivity contribution < 1.29 is 9.21 Å². The van der Waals surface area contributed by atoms with Crippen LogP contribution in [0.3, 0.4) is 0 Å². The van der Waals surface area contributed by atoms with Crippen LogP contribution >= 0.6 is 0 Å². The number of nitrogens with one attached hydrogen (secondary N) is 1. The summed E-state index contributed by atoms with van der Waals surface area (Å²) in [6.07, 6.45) is 3.96. The van der Waals surface area contributed by atoms with E-state index in [0.29, 0.717) is 11.6 Å². The molecule has 1 amide bonds. The molecule has 4 rings (SSSR count). The number of nitrogens with zero attached hydrogens (tertiary/aromatic N) is 4. The van der Waals surface area contributed by atoms with Crippen LogP contribution in [0.15, 0.2) is 77.4 Å². The molecule has 0 aliphatic heterocycles. The maximum atomic E-state index is 13.3. The summed E-state index contributed by atoms with van der Waals surface area (Å²) in [6, 6.07) is 20.7. The molecule has 0 unspecified atom stereocenters. The molecule has 0 aliphatic rings. The second-order valence-electron chi connectivity index (χ2n) is 6.29. The minimum absolute atomic E-state index is 0.245. The molecule has 29 heavy (non-hydrogen) atoms. The van der Waals surface area contributed by atoms with Crippen molar-refractivity contribution in [1.29, 1.82) is 0 Å². The van der Waals surface area contributed by atoms with Crippen molar-refractivity contribution in [2.24, 2.45) is 0 Å². The molecular weight excluding hydrogens is 366 g/mol. The first kappa shape index (κ1) is 18.4. The van der Waals surface area contributed by atoms with E-state index in [-0.39, 0.29) is 11.6 Å². The van der Waals surface area contributed by atoms with Crippen molar-refractivity contribution in [2.75, 3.05) is 5.32 Å². The first-order chi connectivity index (χ1) is 14.3. The van der Waals surface area contributed by atoms with Crippen LogP contribution in [-0.2, 0) is 11.2 Å². The first-order valence-corrected chi connectivity index (χ1v) is 9.25. The number of aryl methyl sites for hydroxylation is 1. The lowest BCUT2D eigenvalue weighted by Crippen LogP contribution is -2.20. The van der Waals surface area contributed by atoms with Crippen LogP contribution in [0.5, 0.6) is 0 Å². The molecule has 0 bridgehead atoms. The highest BCUT2D eigenvalue weighted by Crippen LogP contribution is 2.23. The Morgan fingerprint density at radius 1 is 1.07 bits per heavy atom. The van der Waals surface area contributed by atoms with Crippen LogP contribution in [0.4, 0.5) is 5.69 Å². The predicted octanol–water partition coefficient (Wildman–Crippen LogP) is 4.13. The normalized spacial score (nSPS) is 11.4. The summed E-state index contributed by atoms with van der Waals surface area (Å²) < 4.78 is 6.83. The average molecular weight is 385 g/mol. The van der Waals surface area contributed by atoms with Gasteiger partial charge in [0.15, 0.2) is 5.82 Å². The Labute approximate surface area is 167 Å². The Morgan fingerprint density at radius 3 is 2.62 bits per heavy atom. The Bertz CT molecular complexity index is 1130. The maximum Gasteiger partial charge on any atom is 0.274 e. The molecule has 144 valence electrons. The third kappa shape index (κ3) is 3.98. The van der Waals surface area contributed by atoms with Gasteiger partial charge < -0.3 is 9.73 Å². The molecule has 2 heterocycles. The van der Waals surface area contributed by atoms with Gasteiger partial charge in [0.1, 0.15) is 11.5 Å². The molecule has 7 nitrogen and oxygen atoms in total. The SMILES string of the molecule is CCc1ccccc1NC(=O)/C(=C\c1ccco1)n1nnnc1-c1ccccc1. The molecular formula is C22H19N5O2. The molecule has 0 spiro atoms. The van der Waals surface area contributed by atoms with Crippen LogP contribution in [0, 0.1) is 0 Å². The maximum absolute atomic E-state index is 13.3. The van der Waals surface area contributed by atoms with Crippen LogP contribution in [0.1, 0.15) is 18.2 Å². The lowest BCUT2D eigenvalue weighted by molar-refractivity contribution is -0.111. The zero-order valence-corrected chi connectivity index (χ0v) is 15.8. The number of amides is 1. The zero-order chi connectivity index (χ0) is 20.1. The van der Waals surface area contributed by atoms with Gasteiger partial charge in [0.25, 0.3) is 5.91 Å². The molecule has 0 fully saturated rings. The topological polar surface area (TPSA) is 85.8 Å². The minimum Gasteiger partial charge on any atom is -0.465 e. The highest BCUT2D eigenvalue weighted by Gasteiger charge is 2.20. The third-order valence-electron chi connectivity index (χ3n) is 4.43. The summed E-state index contributed by atoms with van der Waals surface area (Å²) in [7, 11) is 0. The fourth-order valence-electron chi connectivity index (χ4n) is 2.98. The number of carbonyl (C=O) groups excluding carboxylic acids is 1. The van der Waals surface area contributed by atoms with Gasteiger partial charge >= 0.3 is 0 Å². The zero-order valence-electron chi connectivity index (χ0n) is 15.8. The number of tetrazole rings is 1.